The monoisotopic (exact) mass is 438 g/mol. The van der Waals surface area contributed by atoms with Crippen molar-refractivity contribution in [2.24, 2.45) is 0 Å². The highest BCUT2D eigenvalue weighted by atomic mass is 35.5. The van der Waals surface area contributed by atoms with E-state index < -0.39 is 6.03 Å². The molecule has 0 aliphatic carbocycles. The molecule has 31 heavy (non-hydrogen) atoms. The van der Waals surface area contributed by atoms with Crippen molar-refractivity contribution in [3.63, 3.8) is 0 Å². The van der Waals surface area contributed by atoms with E-state index in [1.165, 1.54) is 24.5 Å². The summed E-state index contributed by atoms with van der Waals surface area (Å²) in [5.41, 5.74) is 2.57. The Hall–Kier alpha value is -3.70. The van der Waals surface area contributed by atoms with Gasteiger partial charge >= 0.3 is 6.03 Å². The van der Waals surface area contributed by atoms with E-state index in [9.17, 15) is 9.18 Å². The number of aromatic nitrogens is 2. The standard InChI is InChI=1S/C22H20ClFN6O/c1-2-30(19-7-4-16(24)5-8-19)10-9-15-3-6-17(11-20(15)23)28-22(31)29-21-14-26-18(12-25)13-27-21/h3-8,11,13-14H,2,9-10H2,1H3,(H2,27,28,29,31). The highest BCUT2D eigenvalue weighted by molar-refractivity contribution is 6.31. The molecule has 0 unspecified atom stereocenters. The smallest absolute Gasteiger partial charge is 0.324 e. The summed E-state index contributed by atoms with van der Waals surface area (Å²) >= 11 is 6.41. The molecule has 2 aromatic carbocycles. The summed E-state index contributed by atoms with van der Waals surface area (Å²) in [6, 6.07) is 13.0. The highest BCUT2D eigenvalue weighted by Crippen LogP contribution is 2.23. The van der Waals surface area contributed by atoms with Crippen LogP contribution < -0.4 is 15.5 Å². The minimum Gasteiger partial charge on any atom is -0.371 e. The molecule has 3 rings (SSSR count). The maximum atomic E-state index is 13.2. The Morgan fingerprint density at radius 2 is 1.94 bits per heavy atom. The Labute approximate surface area is 184 Å². The number of nitrogens with one attached hydrogen (secondary N) is 2. The Balaban J connectivity index is 1.58. The first kappa shape index (κ1) is 22.0. The molecule has 7 nitrogen and oxygen atoms in total. The summed E-state index contributed by atoms with van der Waals surface area (Å²) in [6.45, 7) is 3.53. The maximum absolute atomic E-state index is 13.2. The third-order valence-electron chi connectivity index (χ3n) is 4.54. The van der Waals surface area contributed by atoms with Crippen molar-refractivity contribution in [1.29, 1.82) is 5.26 Å². The number of carbonyl (C=O) groups is 1. The van der Waals surface area contributed by atoms with E-state index >= 15 is 0 Å². The third-order valence-corrected chi connectivity index (χ3v) is 4.90. The Kier molecular flexibility index (Phi) is 7.35. The van der Waals surface area contributed by atoms with Crippen LogP contribution in [-0.4, -0.2) is 29.1 Å². The largest absolute Gasteiger partial charge is 0.371 e. The summed E-state index contributed by atoms with van der Waals surface area (Å²) in [5, 5.41) is 14.5. The molecule has 158 valence electrons. The van der Waals surface area contributed by atoms with Gasteiger partial charge in [-0.25, -0.2) is 19.2 Å². The van der Waals surface area contributed by atoms with Crippen LogP contribution in [0.2, 0.25) is 5.02 Å². The second-order valence-corrected chi connectivity index (χ2v) is 7.00. The Bertz CT molecular complexity index is 1080. The number of likely N-dealkylation sites (N-methyl/N-ethyl adjacent to an activating group) is 1. The summed E-state index contributed by atoms with van der Waals surface area (Å²) in [4.78, 5) is 22.0. The number of benzene rings is 2. The van der Waals surface area contributed by atoms with Crippen LogP contribution in [-0.2, 0) is 6.42 Å². The first-order chi connectivity index (χ1) is 15.0. The predicted octanol–water partition coefficient (Wildman–Crippen LogP) is 4.85. The fourth-order valence-electron chi connectivity index (χ4n) is 2.93. The van der Waals surface area contributed by atoms with Crippen LogP contribution in [0.1, 0.15) is 18.2 Å². The molecule has 2 N–H and O–H groups in total. The van der Waals surface area contributed by atoms with Crippen molar-refractivity contribution < 1.29 is 9.18 Å². The fraction of sp³-hybridized carbons (Fsp3) is 0.182. The molecular formula is C22H20ClFN6O. The normalized spacial score (nSPS) is 10.3. The molecule has 0 radical (unpaired) electrons. The molecule has 2 amide bonds. The Morgan fingerprint density at radius 1 is 1.16 bits per heavy atom. The van der Waals surface area contributed by atoms with Gasteiger partial charge in [0.05, 0.1) is 12.4 Å². The number of amides is 2. The number of rotatable bonds is 7. The van der Waals surface area contributed by atoms with Crippen LogP contribution in [0.4, 0.5) is 26.4 Å². The van der Waals surface area contributed by atoms with E-state index in [0.717, 1.165) is 17.8 Å². The molecule has 3 aromatic rings. The number of urea groups is 1. The quantitative estimate of drug-likeness (QED) is 0.549. The van der Waals surface area contributed by atoms with E-state index in [2.05, 4.69) is 25.5 Å². The highest BCUT2D eigenvalue weighted by Gasteiger charge is 2.09. The van der Waals surface area contributed by atoms with Crippen LogP contribution in [0.25, 0.3) is 0 Å². The van der Waals surface area contributed by atoms with Gasteiger partial charge in [-0.3, -0.25) is 5.32 Å². The van der Waals surface area contributed by atoms with Gasteiger partial charge in [-0.1, -0.05) is 17.7 Å². The molecule has 0 saturated heterocycles. The summed E-state index contributed by atoms with van der Waals surface area (Å²) < 4.78 is 13.2. The van der Waals surface area contributed by atoms with Crippen LogP contribution in [0.3, 0.4) is 0 Å². The molecule has 9 heteroatoms. The number of hydrogen-bond donors (Lipinski definition) is 2. The molecule has 0 bridgehead atoms. The topological polar surface area (TPSA) is 93.9 Å². The third kappa shape index (κ3) is 6.14. The van der Waals surface area contributed by atoms with Gasteiger partial charge in [0.15, 0.2) is 11.5 Å². The van der Waals surface area contributed by atoms with Gasteiger partial charge in [0.2, 0.25) is 0 Å². The molecular weight excluding hydrogens is 419 g/mol. The number of hydrogen-bond acceptors (Lipinski definition) is 5. The average molecular weight is 439 g/mol. The van der Waals surface area contributed by atoms with E-state index in [4.69, 9.17) is 16.9 Å². The zero-order chi connectivity index (χ0) is 22.2. The van der Waals surface area contributed by atoms with Gasteiger partial charge in [0, 0.05) is 29.5 Å². The van der Waals surface area contributed by atoms with Crippen molar-refractivity contribution in [3.8, 4) is 6.07 Å². The van der Waals surface area contributed by atoms with E-state index in [0.29, 0.717) is 23.7 Å². The Morgan fingerprint density at radius 3 is 2.55 bits per heavy atom. The minimum absolute atomic E-state index is 0.161. The number of nitrogens with zero attached hydrogens (tertiary/aromatic N) is 4. The van der Waals surface area contributed by atoms with E-state index in [-0.39, 0.29) is 17.3 Å². The molecule has 0 spiro atoms. The number of anilines is 3. The first-order valence-electron chi connectivity index (χ1n) is 9.57. The molecule has 0 aliphatic heterocycles. The lowest BCUT2D eigenvalue weighted by Crippen LogP contribution is -2.25. The van der Waals surface area contributed by atoms with Gasteiger partial charge in [0.1, 0.15) is 11.9 Å². The van der Waals surface area contributed by atoms with Crippen LogP contribution in [0.15, 0.2) is 54.9 Å². The maximum Gasteiger partial charge on any atom is 0.324 e. The van der Waals surface area contributed by atoms with Crippen molar-refractivity contribution in [1.82, 2.24) is 9.97 Å². The van der Waals surface area contributed by atoms with Gasteiger partial charge < -0.3 is 10.2 Å². The zero-order valence-corrected chi connectivity index (χ0v) is 17.5. The SMILES string of the molecule is CCN(CCc1ccc(NC(=O)Nc2cnc(C#N)cn2)cc1Cl)c1ccc(F)cc1. The van der Waals surface area contributed by atoms with Crippen LogP contribution >= 0.6 is 11.6 Å². The zero-order valence-electron chi connectivity index (χ0n) is 16.8. The lowest BCUT2D eigenvalue weighted by atomic mass is 10.1. The minimum atomic E-state index is -0.503. The van der Waals surface area contributed by atoms with Gasteiger partial charge in [-0.15, -0.1) is 0 Å². The molecule has 0 aliphatic rings. The predicted molar refractivity (Wildman–Crippen MR) is 119 cm³/mol. The molecule has 0 fully saturated rings. The van der Waals surface area contributed by atoms with E-state index in [1.54, 1.807) is 24.3 Å². The van der Waals surface area contributed by atoms with Crippen molar-refractivity contribution in [3.05, 3.63) is 77.0 Å². The summed E-state index contributed by atoms with van der Waals surface area (Å²) in [7, 11) is 0. The van der Waals surface area contributed by atoms with Crippen LogP contribution in [0.5, 0.6) is 0 Å². The van der Waals surface area contributed by atoms with Gasteiger partial charge in [-0.05, 0) is 55.3 Å². The van der Waals surface area contributed by atoms with Crippen LogP contribution in [0, 0.1) is 17.1 Å². The number of nitriles is 1. The summed E-state index contributed by atoms with van der Waals surface area (Å²) in [5.74, 6) is -0.0409. The van der Waals surface area contributed by atoms with E-state index in [1.807, 2.05) is 19.1 Å². The number of halogens is 2. The molecule has 1 heterocycles. The fourth-order valence-corrected chi connectivity index (χ4v) is 3.21. The van der Waals surface area contributed by atoms with Crippen molar-refractivity contribution in [2.75, 3.05) is 28.6 Å². The summed E-state index contributed by atoms with van der Waals surface area (Å²) in [6.07, 6.45) is 3.26. The second-order valence-electron chi connectivity index (χ2n) is 6.59. The van der Waals surface area contributed by atoms with Crippen molar-refractivity contribution in [2.45, 2.75) is 13.3 Å². The first-order valence-corrected chi connectivity index (χ1v) is 9.95. The average Bonchev–Trinajstić information content (AvgIpc) is 2.77. The van der Waals surface area contributed by atoms with Gasteiger partial charge in [-0.2, -0.15) is 5.26 Å². The number of carbonyl (C=O) groups excluding carboxylic acids is 1. The van der Waals surface area contributed by atoms with Crippen molar-refractivity contribution >= 4 is 34.8 Å². The lowest BCUT2D eigenvalue weighted by molar-refractivity contribution is 0.262. The van der Waals surface area contributed by atoms with Gasteiger partial charge in [0.25, 0.3) is 0 Å². The lowest BCUT2D eigenvalue weighted by Gasteiger charge is -2.23. The second kappa shape index (κ2) is 10.4. The molecule has 0 atom stereocenters. The molecule has 0 saturated carbocycles. The molecule has 1 aromatic heterocycles.